The van der Waals surface area contributed by atoms with E-state index < -0.39 is 0 Å². The Morgan fingerprint density at radius 2 is 1.63 bits per heavy atom. The Balaban J connectivity index is 1.25. The predicted molar refractivity (Wildman–Crippen MR) is 172 cm³/mol. The molecule has 0 N–H and O–H groups in total. The van der Waals surface area contributed by atoms with Gasteiger partial charge in [-0.1, -0.05) is 35.7 Å². The summed E-state index contributed by atoms with van der Waals surface area (Å²) in [5.41, 5.74) is 7.31. The summed E-state index contributed by atoms with van der Waals surface area (Å²) in [5.74, 6) is 0.717. The lowest BCUT2D eigenvalue weighted by Gasteiger charge is -2.30. The van der Waals surface area contributed by atoms with E-state index in [-0.39, 0.29) is 0 Å². The second kappa shape index (κ2) is 11.5. The molecule has 0 saturated carbocycles. The molecule has 2 unspecified atom stereocenters. The van der Waals surface area contributed by atoms with Crippen LogP contribution in [0.1, 0.15) is 39.5 Å². The molecule has 0 fully saturated rings. The molecule has 2 nitrogen and oxygen atoms in total. The van der Waals surface area contributed by atoms with Crippen LogP contribution in [0, 0.1) is 5.92 Å². The third-order valence-electron chi connectivity index (χ3n) is 8.03. The molecule has 6 heteroatoms. The quantitative estimate of drug-likeness (QED) is 0.314. The lowest BCUT2D eigenvalue weighted by atomic mass is 9.77. The van der Waals surface area contributed by atoms with E-state index >= 15 is 0 Å². The van der Waals surface area contributed by atoms with Gasteiger partial charge in [-0.15, -0.1) is 23.5 Å². The maximum Gasteiger partial charge on any atom is 0.0988 e. The normalized spacial score (nSPS) is 24.4. The Kier molecular flexibility index (Phi) is 8.04. The summed E-state index contributed by atoms with van der Waals surface area (Å²) >= 11 is 7.59. The summed E-state index contributed by atoms with van der Waals surface area (Å²) in [6, 6.07) is 13.8. The average Bonchev–Trinajstić information content (AvgIpc) is 3.47. The molecule has 0 bridgehead atoms. The number of fused-ring (bicyclic) bond motifs is 3. The topological polar surface area (TPSA) is 6.48 Å². The van der Waals surface area contributed by atoms with E-state index in [0.29, 0.717) is 11.3 Å². The van der Waals surface area contributed by atoms with E-state index in [0.717, 1.165) is 13.1 Å². The van der Waals surface area contributed by atoms with E-state index in [9.17, 15) is 0 Å². The van der Waals surface area contributed by atoms with Gasteiger partial charge in [0.2, 0.25) is 0 Å². The molecule has 198 valence electrons. The van der Waals surface area contributed by atoms with E-state index in [2.05, 4.69) is 96.9 Å². The first-order valence-corrected chi connectivity index (χ1v) is 17.8. The highest BCUT2D eigenvalue weighted by atomic mass is 32.2. The van der Waals surface area contributed by atoms with Crippen LogP contribution in [0.2, 0.25) is 0 Å². The zero-order valence-electron chi connectivity index (χ0n) is 22.7. The van der Waals surface area contributed by atoms with Crippen molar-refractivity contribution < 1.29 is 0 Å². The van der Waals surface area contributed by atoms with Gasteiger partial charge < -0.3 is 9.80 Å². The summed E-state index contributed by atoms with van der Waals surface area (Å²) in [6.07, 6.45) is 19.3. The summed E-state index contributed by atoms with van der Waals surface area (Å²) in [7, 11) is 0. The summed E-state index contributed by atoms with van der Waals surface area (Å²) in [6.45, 7) is 6.59. The van der Waals surface area contributed by atoms with Crippen molar-refractivity contribution >= 4 is 58.4 Å². The molecule has 2 aliphatic carbocycles. The Morgan fingerprint density at radius 1 is 0.895 bits per heavy atom. The van der Waals surface area contributed by atoms with Crippen molar-refractivity contribution in [1.29, 1.82) is 0 Å². The number of allylic oxidation sites excluding steroid dienone is 6. The van der Waals surface area contributed by atoms with Gasteiger partial charge in [0.05, 0.1) is 21.8 Å². The molecular weight excluding hydrogens is 541 g/mol. The van der Waals surface area contributed by atoms with Crippen molar-refractivity contribution in [2.24, 2.45) is 5.92 Å². The maximum atomic E-state index is 2.57. The van der Waals surface area contributed by atoms with Crippen LogP contribution < -0.4 is 9.80 Å². The van der Waals surface area contributed by atoms with Gasteiger partial charge in [0, 0.05) is 32.7 Å². The zero-order valence-corrected chi connectivity index (χ0v) is 26.0. The molecule has 6 rings (SSSR count). The number of thioether (sulfide) groups is 4. The minimum atomic E-state index is 0.391. The summed E-state index contributed by atoms with van der Waals surface area (Å²) in [4.78, 5) is 10.5. The highest BCUT2D eigenvalue weighted by molar-refractivity contribution is 8.03. The van der Waals surface area contributed by atoms with Gasteiger partial charge in [-0.05, 0) is 123 Å². The van der Waals surface area contributed by atoms with Gasteiger partial charge in [0.25, 0.3) is 0 Å². The van der Waals surface area contributed by atoms with Gasteiger partial charge in [-0.2, -0.15) is 0 Å². The van der Waals surface area contributed by atoms with E-state index in [1.807, 2.05) is 47.0 Å². The first kappa shape index (κ1) is 26.6. The molecule has 2 atom stereocenters. The van der Waals surface area contributed by atoms with Crippen LogP contribution in [-0.2, 0) is 0 Å². The fourth-order valence-electron chi connectivity index (χ4n) is 5.99. The minimum absolute atomic E-state index is 0.391. The molecule has 0 radical (unpaired) electrons. The molecule has 2 heterocycles. The number of hydrogen-bond donors (Lipinski definition) is 0. The Morgan fingerprint density at radius 3 is 2.37 bits per heavy atom. The Labute approximate surface area is 245 Å². The molecule has 2 aliphatic heterocycles. The van der Waals surface area contributed by atoms with Crippen LogP contribution in [0.15, 0.2) is 102 Å². The minimum Gasteiger partial charge on any atom is -0.355 e. The SMILES string of the molecule is CCN1C(=CC2=CC3=CC(=CC4Sc5ccc(SC)cc5N4CC)CCC3CC2)Sc2ccc(SC)cc21. The van der Waals surface area contributed by atoms with Gasteiger partial charge in [-0.3, -0.25) is 0 Å². The van der Waals surface area contributed by atoms with Crippen molar-refractivity contribution in [3.05, 3.63) is 82.5 Å². The van der Waals surface area contributed by atoms with Crippen LogP contribution in [0.3, 0.4) is 0 Å². The van der Waals surface area contributed by atoms with Crippen molar-refractivity contribution in [3.63, 3.8) is 0 Å². The number of nitrogens with zero attached hydrogens (tertiary/aromatic N) is 2. The second-order valence-corrected chi connectivity index (χ2v) is 14.2. The van der Waals surface area contributed by atoms with Gasteiger partial charge >= 0.3 is 0 Å². The van der Waals surface area contributed by atoms with Crippen molar-refractivity contribution in [2.45, 2.75) is 64.5 Å². The number of benzene rings is 2. The number of likely N-dealkylation sites (N-methyl/N-ethyl adjacent to an activating group) is 1. The summed E-state index contributed by atoms with van der Waals surface area (Å²) < 4.78 is 0. The Hall–Kier alpha value is -1.60. The average molecular weight is 577 g/mol. The lowest BCUT2D eigenvalue weighted by Crippen LogP contribution is -2.27. The number of hydrogen-bond acceptors (Lipinski definition) is 6. The zero-order chi connectivity index (χ0) is 26.2. The molecule has 2 aromatic carbocycles. The molecule has 0 saturated heterocycles. The highest BCUT2D eigenvalue weighted by Crippen LogP contribution is 2.49. The van der Waals surface area contributed by atoms with Crippen molar-refractivity contribution in [2.75, 3.05) is 35.4 Å². The molecular formula is C32H36N2S4. The molecule has 0 amide bonds. The van der Waals surface area contributed by atoms with Crippen LogP contribution in [0.25, 0.3) is 0 Å². The number of anilines is 2. The second-order valence-electron chi connectivity index (χ2n) is 10.2. The summed E-state index contributed by atoms with van der Waals surface area (Å²) in [5, 5.41) is 1.77. The molecule has 2 aromatic rings. The first-order chi connectivity index (χ1) is 18.6. The molecule has 0 spiro atoms. The predicted octanol–water partition coefficient (Wildman–Crippen LogP) is 9.85. The van der Waals surface area contributed by atoms with E-state index in [4.69, 9.17) is 0 Å². The van der Waals surface area contributed by atoms with Crippen LogP contribution >= 0.6 is 47.0 Å². The largest absolute Gasteiger partial charge is 0.355 e. The molecule has 4 aliphatic rings. The highest BCUT2D eigenvalue weighted by Gasteiger charge is 2.30. The van der Waals surface area contributed by atoms with Crippen molar-refractivity contribution in [1.82, 2.24) is 0 Å². The smallest absolute Gasteiger partial charge is 0.0988 e. The van der Waals surface area contributed by atoms with Gasteiger partial charge in [-0.25, -0.2) is 0 Å². The van der Waals surface area contributed by atoms with Crippen LogP contribution in [0.5, 0.6) is 0 Å². The fraction of sp³-hybridized carbons (Fsp3) is 0.375. The van der Waals surface area contributed by atoms with Crippen molar-refractivity contribution in [3.8, 4) is 0 Å². The van der Waals surface area contributed by atoms with E-state index in [1.54, 1.807) is 5.57 Å². The van der Waals surface area contributed by atoms with Gasteiger partial charge in [0.1, 0.15) is 0 Å². The van der Waals surface area contributed by atoms with Crippen LogP contribution in [0.4, 0.5) is 11.4 Å². The third-order valence-corrected chi connectivity index (χ3v) is 11.8. The van der Waals surface area contributed by atoms with Crippen LogP contribution in [-0.4, -0.2) is 31.0 Å². The monoisotopic (exact) mass is 576 g/mol. The molecule has 0 aromatic heterocycles. The lowest BCUT2D eigenvalue weighted by molar-refractivity contribution is 0.501. The number of rotatable bonds is 6. The van der Waals surface area contributed by atoms with Gasteiger partial charge in [0.15, 0.2) is 0 Å². The third kappa shape index (κ3) is 5.14. The Bertz CT molecular complexity index is 1360. The standard InChI is InChI=1S/C32H36N2S4/c1-5-33-27-19-25(35-3)11-13-29(27)37-31(33)17-21-7-9-23-10-8-22(16-24(23)15-21)18-32-34(6-2)28-20-26(36-4)12-14-30(28)38-32/h11-20,23,31H,5-10H2,1-4H3. The van der Waals surface area contributed by atoms with E-state index in [1.165, 1.54) is 72.8 Å². The fourth-order valence-corrected chi connectivity index (χ4v) is 9.38. The molecule has 38 heavy (non-hydrogen) atoms. The first-order valence-electron chi connectivity index (χ1n) is 13.7. The maximum absolute atomic E-state index is 2.57.